The van der Waals surface area contributed by atoms with Gasteiger partial charge >= 0.3 is 0 Å². The Bertz CT molecular complexity index is 186. The highest BCUT2D eigenvalue weighted by Crippen LogP contribution is 2.32. The summed E-state index contributed by atoms with van der Waals surface area (Å²) in [5, 5.41) is 28.1. The molecule has 0 aromatic rings. The van der Waals surface area contributed by atoms with E-state index in [4.69, 9.17) is 14.6 Å². The maximum absolute atomic E-state index is 9.71. The fourth-order valence-electron chi connectivity index (χ4n) is 1.75. The SMILES string of the molecule is CC[C@@H](O)[C@H]1OC(C)(C)O[C@@H]1[C@H](O)CO. The van der Waals surface area contributed by atoms with Crippen molar-refractivity contribution in [2.24, 2.45) is 0 Å². The molecule has 4 atom stereocenters. The number of hydrogen-bond acceptors (Lipinski definition) is 5. The molecule has 1 rings (SSSR count). The smallest absolute Gasteiger partial charge is 0.164 e. The van der Waals surface area contributed by atoms with Gasteiger partial charge in [-0.3, -0.25) is 0 Å². The van der Waals surface area contributed by atoms with Crippen molar-refractivity contribution in [3.05, 3.63) is 0 Å². The zero-order chi connectivity index (χ0) is 11.6. The predicted molar refractivity (Wildman–Crippen MR) is 53.2 cm³/mol. The maximum Gasteiger partial charge on any atom is 0.164 e. The molecule has 3 N–H and O–H groups in total. The van der Waals surface area contributed by atoms with Crippen molar-refractivity contribution < 1.29 is 24.8 Å². The standard InChI is InChI=1S/C10H20O5/c1-4-6(12)8-9(7(13)5-11)15-10(2,3)14-8/h6-9,11-13H,4-5H2,1-3H3/t6-,7-,8-,9-/m1/s1. The zero-order valence-electron chi connectivity index (χ0n) is 9.38. The van der Waals surface area contributed by atoms with Gasteiger partial charge in [-0.1, -0.05) is 6.92 Å². The van der Waals surface area contributed by atoms with Crippen molar-refractivity contribution in [3.63, 3.8) is 0 Å². The number of hydrogen-bond donors (Lipinski definition) is 3. The lowest BCUT2D eigenvalue weighted by Gasteiger charge is -2.23. The van der Waals surface area contributed by atoms with Crippen LogP contribution in [0.25, 0.3) is 0 Å². The summed E-state index contributed by atoms with van der Waals surface area (Å²) in [6, 6.07) is 0. The second-order valence-electron chi connectivity index (χ2n) is 4.29. The Morgan fingerprint density at radius 3 is 2.00 bits per heavy atom. The van der Waals surface area contributed by atoms with E-state index in [0.717, 1.165) is 0 Å². The molecule has 90 valence electrons. The van der Waals surface area contributed by atoms with Crippen molar-refractivity contribution in [3.8, 4) is 0 Å². The summed E-state index contributed by atoms with van der Waals surface area (Å²) >= 11 is 0. The zero-order valence-corrected chi connectivity index (χ0v) is 9.38. The monoisotopic (exact) mass is 220 g/mol. The van der Waals surface area contributed by atoms with Gasteiger partial charge in [0.15, 0.2) is 5.79 Å². The van der Waals surface area contributed by atoms with Crippen LogP contribution < -0.4 is 0 Å². The summed E-state index contributed by atoms with van der Waals surface area (Å²) in [7, 11) is 0. The van der Waals surface area contributed by atoms with Crippen LogP contribution in [0.1, 0.15) is 27.2 Å². The second kappa shape index (κ2) is 4.76. The molecule has 1 saturated heterocycles. The molecule has 5 nitrogen and oxygen atoms in total. The molecule has 0 amide bonds. The molecule has 0 spiro atoms. The third-order valence-electron chi connectivity index (χ3n) is 2.53. The van der Waals surface area contributed by atoms with E-state index in [-0.39, 0.29) is 0 Å². The first-order chi connectivity index (χ1) is 6.91. The first-order valence-corrected chi connectivity index (χ1v) is 5.24. The molecule has 0 bridgehead atoms. The Labute approximate surface area is 89.6 Å². The van der Waals surface area contributed by atoms with Gasteiger partial charge in [0.2, 0.25) is 0 Å². The quantitative estimate of drug-likeness (QED) is 0.602. The van der Waals surface area contributed by atoms with Crippen LogP contribution in [0.2, 0.25) is 0 Å². The fraction of sp³-hybridized carbons (Fsp3) is 1.00. The van der Waals surface area contributed by atoms with Gasteiger partial charge in [-0.15, -0.1) is 0 Å². The molecule has 0 radical (unpaired) electrons. The van der Waals surface area contributed by atoms with Crippen LogP contribution in [0.15, 0.2) is 0 Å². The minimum atomic E-state index is -1.03. The lowest BCUT2D eigenvalue weighted by molar-refractivity contribution is -0.162. The van der Waals surface area contributed by atoms with E-state index in [9.17, 15) is 10.2 Å². The van der Waals surface area contributed by atoms with Crippen molar-refractivity contribution in [2.75, 3.05) is 6.61 Å². The third kappa shape index (κ3) is 2.89. The van der Waals surface area contributed by atoms with Gasteiger partial charge in [0, 0.05) is 0 Å². The molecule has 15 heavy (non-hydrogen) atoms. The molecule has 1 aliphatic heterocycles. The van der Waals surface area contributed by atoms with E-state index in [1.165, 1.54) is 0 Å². The van der Waals surface area contributed by atoms with Crippen LogP contribution in [-0.4, -0.2) is 52.1 Å². The van der Waals surface area contributed by atoms with Gasteiger partial charge in [0.1, 0.15) is 18.3 Å². The van der Waals surface area contributed by atoms with E-state index in [2.05, 4.69) is 0 Å². The molecule has 0 aliphatic carbocycles. The van der Waals surface area contributed by atoms with E-state index in [1.807, 2.05) is 6.92 Å². The lowest BCUT2D eigenvalue weighted by Crippen LogP contribution is -2.43. The predicted octanol–water partition coefficient (Wildman–Crippen LogP) is -0.369. The van der Waals surface area contributed by atoms with Crippen LogP contribution in [0.3, 0.4) is 0 Å². The normalized spacial score (nSPS) is 34.0. The Morgan fingerprint density at radius 1 is 1.13 bits per heavy atom. The van der Waals surface area contributed by atoms with Crippen LogP contribution in [-0.2, 0) is 9.47 Å². The summed E-state index contributed by atoms with van der Waals surface area (Å²) in [6.07, 6.45) is -2.48. The highest BCUT2D eigenvalue weighted by Gasteiger charge is 2.47. The minimum absolute atomic E-state index is 0.406. The van der Waals surface area contributed by atoms with Crippen molar-refractivity contribution in [2.45, 2.75) is 57.4 Å². The van der Waals surface area contributed by atoms with Crippen LogP contribution in [0.4, 0.5) is 0 Å². The number of aliphatic hydroxyl groups excluding tert-OH is 3. The largest absolute Gasteiger partial charge is 0.394 e. The van der Waals surface area contributed by atoms with Crippen molar-refractivity contribution in [1.29, 1.82) is 0 Å². The molecule has 1 heterocycles. The summed E-state index contributed by atoms with van der Waals surface area (Å²) in [4.78, 5) is 0. The summed E-state index contributed by atoms with van der Waals surface area (Å²) in [5.41, 5.74) is 0. The van der Waals surface area contributed by atoms with Gasteiger partial charge in [-0.05, 0) is 20.3 Å². The first kappa shape index (κ1) is 12.9. The fourth-order valence-corrected chi connectivity index (χ4v) is 1.75. The van der Waals surface area contributed by atoms with Gasteiger partial charge in [-0.25, -0.2) is 0 Å². The molecule has 0 unspecified atom stereocenters. The van der Waals surface area contributed by atoms with E-state index >= 15 is 0 Å². The molecule has 1 fully saturated rings. The Kier molecular flexibility index (Phi) is 4.08. The lowest BCUT2D eigenvalue weighted by atomic mass is 10.0. The summed E-state index contributed by atoms with van der Waals surface area (Å²) < 4.78 is 10.9. The van der Waals surface area contributed by atoms with E-state index < -0.39 is 36.8 Å². The molecule has 0 aromatic heterocycles. The van der Waals surface area contributed by atoms with E-state index in [0.29, 0.717) is 6.42 Å². The molecular weight excluding hydrogens is 200 g/mol. The maximum atomic E-state index is 9.71. The van der Waals surface area contributed by atoms with Gasteiger partial charge < -0.3 is 24.8 Å². The summed E-state index contributed by atoms with van der Waals surface area (Å²) in [5.74, 6) is -0.832. The number of ether oxygens (including phenoxy) is 2. The van der Waals surface area contributed by atoms with Gasteiger partial charge in [-0.2, -0.15) is 0 Å². The Hall–Kier alpha value is -0.200. The second-order valence-corrected chi connectivity index (χ2v) is 4.29. The highest BCUT2D eigenvalue weighted by atomic mass is 16.8. The molecule has 0 aromatic carbocycles. The molecule has 0 saturated carbocycles. The van der Waals surface area contributed by atoms with E-state index in [1.54, 1.807) is 13.8 Å². The average Bonchev–Trinajstić information content (AvgIpc) is 2.52. The third-order valence-corrected chi connectivity index (χ3v) is 2.53. The van der Waals surface area contributed by atoms with Gasteiger partial charge in [0.05, 0.1) is 12.7 Å². The van der Waals surface area contributed by atoms with Crippen LogP contribution in [0, 0.1) is 0 Å². The molecule has 5 heteroatoms. The first-order valence-electron chi connectivity index (χ1n) is 5.24. The molecule has 1 aliphatic rings. The minimum Gasteiger partial charge on any atom is -0.394 e. The Balaban J connectivity index is 2.74. The number of rotatable bonds is 4. The molecular formula is C10H20O5. The topological polar surface area (TPSA) is 79.2 Å². The van der Waals surface area contributed by atoms with Gasteiger partial charge in [0.25, 0.3) is 0 Å². The van der Waals surface area contributed by atoms with Crippen molar-refractivity contribution >= 4 is 0 Å². The van der Waals surface area contributed by atoms with Crippen LogP contribution >= 0.6 is 0 Å². The average molecular weight is 220 g/mol. The van der Waals surface area contributed by atoms with Crippen LogP contribution in [0.5, 0.6) is 0 Å². The Morgan fingerprint density at radius 2 is 1.60 bits per heavy atom. The number of aliphatic hydroxyl groups is 3. The summed E-state index contributed by atoms with van der Waals surface area (Å²) in [6.45, 7) is 4.84. The van der Waals surface area contributed by atoms with Crippen molar-refractivity contribution in [1.82, 2.24) is 0 Å². The highest BCUT2D eigenvalue weighted by molar-refractivity contribution is 4.89.